The van der Waals surface area contributed by atoms with Crippen LogP contribution in [0.4, 0.5) is 4.79 Å². The number of carbonyl (C=O) groups excluding carboxylic acids is 2. The van der Waals surface area contributed by atoms with Gasteiger partial charge in [0.25, 0.3) is 0 Å². The molecule has 4 saturated carbocycles. The normalized spacial score (nSPS) is 31.4. The van der Waals surface area contributed by atoms with E-state index in [-0.39, 0.29) is 30.4 Å². The molecule has 7 heteroatoms. The van der Waals surface area contributed by atoms with Crippen LogP contribution in [0, 0.1) is 23.2 Å². The zero-order valence-electron chi connectivity index (χ0n) is 16.5. The first-order valence-electron chi connectivity index (χ1n) is 10.2. The van der Waals surface area contributed by atoms with Gasteiger partial charge in [0.2, 0.25) is 5.91 Å². The summed E-state index contributed by atoms with van der Waals surface area (Å²) in [4.78, 5) is 35.2. The molecular weight excluding hydrogens is 346 g/mol. The summed E-state index contributed by atoms with van der Waals surface area (Å²) < 4.78 is 0. The third-order valence-corrected chi connectivity index (χ3v) is 6.71. The number of carbonyl (C=O) groups is 3. The second-order valence-electron chi connectivity index (χ2n) is 9.62. The van der Waals surface area contributed by atoms with Crippen molar-refractivity contribution < 1.29 is 19.5 Å². The van der Waals surface area contributed by atoms with E-state index in [4.69, 9.17) is 5.11 Å². The number of aliphatic carboxylic acids is 1. The van der Waals surface area contributed by atoms with Gasteiger partial charge in [-0.15, -0.1) is 0 Å². The number of hydrogen-bond acceptors (Lipinski definition) is 3. The van der Waals surface area contributed by atoms with Crippen LogP contribution in [0.5, 0.6) is 0 Å². The quantitative estimate of drug-likeness (QED) is 0.519. The van der Waals surface area contributed by atoms with Crippen molar-refractivity contribution in [1.82, 2.24) is 16.0 Å². The Morgan fingerprint density at radius 1 is 0.963 bits per heavy atom. The third-order valence-electron chi connectivity index (χ3n) is 6.71. The molecule has 0 aliphatic heterocycles. The Morgan fingerprint density at radius 3 is 2.04 bits per heavy atom. The van der Waals surface area contributed by atoms with Crippen molar-refractivity contribution in [2.24, 2.45) is 23.2 Å². The van der Waals surface area contributed by atoms with Crippen molar-refractivity contribution in [1.29, 1.82) is 0 Å². The zero-order chi connectivity index (χ0) is 19.7. The molecule has 0 aromatic carbocycles. The highest BCUT2D eigenvalue weighted by molar-refractivity contribution is 5.78. The van der Waals surface area contributed by atoms with E-state index >= 15 is 0 Å². The number of carboxylic acids is 1. The Kier molecular flexibility index (Phi) is 5.68. The predicted octanol–water partition coefficient (Wildman–Crippen LogP) is 2.26. The van der Waals surface area contributed by atoms with E-state index in [0.717, 1.165) is 37.0 Å². The van der Waals surface area contributed by atoms with Crippen LogP contribution in [0.15, 0.2) is 0 Å². The first-order chi connectivity index (χ1) is 12.7. The average Bonchev–Trinajstić information content (AvgIpc) is 2.52. The smallest absolute Gasteiger partial charge is 0.315 e. The van der Waals surface area contributed by atoms with Crippen LogP contribution in [-0.2, 0) is 9.59 Å². The maximum atomic E-state index is 12.3. The summed E-state index contributed by atoms with van der Waals surface area (Å²) in [7, 11) is 0. The van der Waals surface area contributed by atoms with Gasteiger partial charge in [0, 0.05) is 25.0 Å². The van der Waals surface area contributed by atoms with Crippen molar-refractivity contribution >= 4 is 17.9 Å². The molecule has 4 aliphatic rings. The molecule has 0 heterocycles. The van der Waals surface area contributed by atoms with Gasteiger partial charge in [0.1, 0.15) is 0 Å². The van der Waals surface area contributed by atoms with Crippen LogP contribution >= 0.6 is 0 Å². The summed E-state index contributed by atoms with van der Waals surface area (Å²) in [6, 6.07) is -0.170. The van der Waals surface area contributed by atoms with Crippen molar-refractivity contribution in [2.45, 2.75) is 70.8 Å². The number of carboxylic acid groups (broad SMARTS) is 1. The molecule has 4 bridgehead atoms. The van der Waals surface area contributed by atoms with Crippen molar-refractivity contribution in [2.75, 3.05) is 13.1 Å². The SMILES string of the molecule is CC(C)(CCNC(=O)CCNC(=O)NC12CC3CC(CC(C3)C1)C2)C(=O)O. The predicted molar refractivity (Wildman–Crippen MR) is 101 cm³/mol. The molecule has 3 amide bonds. The molecule has 4 fully saturated rings. The van der Waals surface area contributed by atoms with Crippen LogP contribution in [-0.4, -0.2) is 41.6 Å². The Balaban J connectivity index is 1.33. The largest absolute Gasteiger partial charge is 0.481 e. The molecule has 4 rings (SSSR count). The summed E-state index contributed by atoms with van der Waals surface area (Å²) in [5.74, 6) is 1.28. The lowest BCUT2D eigenvalue weighted by Crippen LogP contribution is -2.61. The average molecular weight is 380 g/mol. The first-order valence-corrected chi connectivity index (χ1v) is 10.2. The molecule has 4 aliphatic carbocycles. The molecular formula is C20H33N3O4. The molecule has 7 nitrogen and oxygen atoms in total. The van der Waals surface area contributed by atoms with E-state index in [0.29, 0.717) is 13.0 Å². The van der Waals surface area contributed by atoms with Gasteiger partial charge in [-0.3, -0.25) is 9.59 Å². The summed E-state index contributed by atoms with van der Waals surface area (Å²) in [5.41, 5.74) is -0.882. The molecule has 27 heavy (non-hydrogen) atoms. The molecule has 4 N–H and O–H groups in total. The number of hydrogen-bond donors (Lipinski definition) is 4. The number of urea groups is 1. The molecule has 0 aromatic heterocycles. The fourth-order valence-electron chi connectivity index (χ4n) is 5.55. The second-order valence-corrected chi connectivity index (χ2v) is 9.62. The summed E-state index contributed by atoms with van der Waals surface area (Å²) >= 11 is 0. The van der Waals surface area contributed by atoms with Crippen molar-refractivity contribution in [3.63, 3.8) is 0 Å². The molecule has 0 atom stereocenters. The second kappa shape index (κ2) is 7.68. The van der Waals surface area contributed by atoms with Crippen molar-refractivity contribution in [3.05, 3.63) is 0 Å². The maximum absolute atomic E-state index is 12.3. The molecule has 0 aromatic rings. The maximum Gasteiger partial charge on any atom is 0.315 e. The molecule has 0 spiro atoms. The lowest BCUT2D eigenvalue weighted by molar-refractivity contribution is -0.147. The van der Waals surface area contributed by atoms with E-state index in [1.165, 1.54) is 19.3 Å². The Labute approximate surface area is 161 Å². The van der Waals surface area contributed by atoms with Gasteiger partial charge in [0.15, 0.2) is 0 Å². The van der Waals surface area contributed by atoms with E-state index in [1.807, 2.05) is 0 Å². The van der Waals surface area contributed by atoms with E-state index in [1.54, 1.807) is 13.8 Å². The Hall–Kier alpha value is -1.79. The summed E-state index contributed by atoms with van der Waals surface area (Å²) in [6.07, 6.45) is 7.88. The summed E-state index contributed by atoms with van der Waals surface area (Å²) in [6.45, 7) is 3.87. The minimum Gasteiger partial charge on any atom is -0.481 e. The van der Waals surface area contributed by atoms with Crippen LogP contribution in [0.3, 0.4) is 0 Å². The van der Waals surface area contributed by atoms with E-state index < -0.39 is 11.4 Å². The Morgan fingerprint density at radius 2 is 1.52 bits per heavy atom. The highest BCUT2D eigenvalue weighted by Gasteiger charge is 2.51. The fourth-order valence-corrected chi connectivity index (χ4v) is 5.55. The van der Waals surface area contributed by atoms with Crippen LogP contribution in [0.25, 0.3) is 0 Å². The molecule has 152 valence electrons. The molecule has 0 unspecified atom stereocenters. The minimum atomic E-state index is -0.875. The fraction of sp³-hybridized carbons (Fsp3) is 0.850. The van der Waals surface area contributed by atoms with E-state index in [9.17, 15) is 14.4 Å². The lowest BCUT2D eigenvalue weighted by atomic mass is 9.53. The van der Waals surface area contributed by atoms with Gasteiger partial charge in [-0.1, -0.05) is 0 Å². The molecule has 0 radical (unpaired) electrons. The molecule has 0 saturated heterocycles. The van der Waals surface area contributed by atoms with Gasteiger partial charge in [-0.25, -0.2) is 4.79 Å². The number of nitrogens with one attached hydrogen (secondary N) is 3. The lowest BCUT2D eigenvalue weighted by Gasteiger charge is -2.56. The highest BCUT2D eigenvalue weighted by atomic mass is 16.4. The van der Waals surface area contributed by atoms with E-state index in [2.05, 4.69) is 16.0 Å². The number of rotatable bonds is 8. The minimum absolute atomic E-state index is 0.0243. The van der Waals surface area contributed by atoms with Crippen LogP contribution < -0.4 is 16.0 Å². The van der Waals surface area contributed by atoms with Crippen LogP contribution in [0.2, 0.25) is 0 Å². The van der Waals surface area contributed by atoms with Gasteiger partial charge < -0.3 is 21.1 Å². The van der Waals surface area contributed by atoms with Crippen LogP contribution in [0.1, 0.15) is 65.2 Å². The topological polar surface area (TPSA) is 108 Å². The number of amides is 3. The third kappa shape index (κ3) is 4.93. The van der Waals surface area contributed by atoms with Gasteiger partial charge in [0.05, 0.1) is 5.41 Å². The summed E-state index contributed by atoms with van der Waals surface area (Å²) in [5, 5.41) is 17.8. The van der Waals surface area contributed by atoms with Gasteiger partial charge in [-0.05, 0) is 76.5 Å². The standard InChI is InChI=1S/C20H33N3O4/c1-19(2,17(25)26)4-6-21-16(24)3-5-22-18(27)23-20-10-13-7-14(11-20)9-15(8-13)12-20/h13-15H,3-12H2,1-2H3,(H,21,24)(H,25,26)(H2,22,23,27). The van der Waals surface area contributed by atoms with Crippen molar-refractivity contribution in [3.8, 4) is 0 Å². The Bertz CT molecular complexity index is 567. The van der Waals surface area contributed by atoms with Gasteiger partial charge >= 0.3 is 12.0 Å². The first kappa shape index (κ1) is 20.0. The monoisotopic (exact) mass is 379 g/mol. The highest BCUT2D eigenvalue weighted by Crippen LogP contribution is 2.55. The zero-order valence-corrected chi connectivity index (χ0v) is 16.5. The van der Waals surface area contributed by atoms with Gasteiger partial charge in [-0.2, -0.15) is 0 Å².